The Morgan fingerprint density at radius 2 is 1.81 bits per heavy atom. The second-order valence-corrected chi connectivity index (χ2v) is 6.68. The molecular formula is C21H19ClN2O2S. The van der Waals surface area contributed by atoms with Gasteiger partial charge in [-0.1, -0.05) is 35.9 Å². The molecule has 0 fully saturated rings. The van der Waals surface area contributed by atoms with Crippen LogP contribution in [-0.4, -0.2) is 17.3 Å². The molecule has 3 aromatic carbocycles. The van der Waals surface area contributed by atoms with Crippen LogP contribution < -0.4 is 15.0 Å². The standard InChI is InChI=1S/C21H19ClN2O2S/c1-26-19-7-4-6-18(13-19)24(14-15-5-2-3-8-20(15)25)21(27)23-17-11-9-16(22)10-12-17/h2-13,25H,14H2,1H3,(H,23,27). The zero-order chi connectivity index (χ0) is 19.2. The van der Waals surface area contributed by atoms with Crippen LogP contribution >= 0.6 is 23.8 Å². The van der Waals surface area contributed by atoms with E-state index in [1.165, 1.54) is 0 Å². The topological polar surface area (TPSA) is 44.7 Å². The number of anilines is 2. The molecule has 0 amide bonds. The smallest absolute Gasteiger partial charge is 0.178 e. The number of ether oxygens (including phenoxy) is 1. The molecule has 0 bridgehead atoms. The number of para-hydroxylation sites is 1. The van der Waals surface area contributed by atoms with E-state index < -0.39 is 0 Å². The van der Waals surface area contributed by atoms with Crippen LogP contribution in [0.1, 0.15) is 5.56 Å². The normalized spacial score (nSPS) is 10.3. The molecule has 2 N–H and O–H groups in total. The molecule has 0 spiro atoms. The zero-order valence-corrected chi connectivity index (χ0v) is 16.3. The largest absolute Gasteiger partial charge is 0.508 e. The number of nitrogens with one attached hydrogen (secondary N) is 1. The van der Waals surface area contributed by atoms with Crippen LogP contribution in [0.2, 0.25) is 5.02 Å². The van der Waals surface area contributed by atoms with Crippen molar-refractivity contribution >= 4 is 40.3 Å². The van der Waals surface area contributed by atoms with E-state index >= 15 is 0 Å². The molecule has 0 radical (unpaired) electrons. The van der Waals surface area contributed by atoms with E-state index in [2.05, 4.69) is 5.32 Å². The van der Waals surface area contributed by atoms with E-state index in [0.717, 1.165) is 22.7 Å². The van der Waals surface area contributed by atoms with Gasteiger partial charge in [-0.2, -0.15) is 0 Å². The fourth-order valence-electron chi connectivity index (χ4n) is 2.60. The molecule has 0 aliphatic carbocycles. The molecule has 138 valence electrons. The first-order valence-electron chi connectivity index (χ1n) is 8.32. The molecule has 27 heavy (non-hydrogen) atoms. The van der Waals surface area contributed by atoms with Crippen molar-refractivity contribution in [2.75, 3.05) is 17.3 Å². The number of phenolic OH excluding ortho intramolecular Hbond substituents is 1. The highest BCUT2D eigenvalue weighted by Gasteiger charge is 2.16. The van der Waals surface area contributed by atoms with Gasteiger partial charge in [0.2, 0.25) is 0 Å². The van der Waals surface area contributed by atoms with Crippen LogP contribution in [0.25, 0.3) is 0 Å². The van der Waals surface area contributed by atoms with Crippen LogP contribution in [0, 0.1) is 0 Å². The lowest BCUT2D eigenvalue weighted by molar-refractivity contribution is 0.415. The SMILES string of the molecule is COc1cccc(N(Cc2ccccc2O)C(=S)Nc2ccc(Cl)cc2)c1. The Labute approximate surface area is 169 Å². The first kappa shape index (κ1) is 19.0. The zero-order valence-electron chi connectivity index (χ0n) is 14.7. The number of methoxy groups -OCH3 is 1. The van der Waals surface area contributed by atoms with Crippen molar-refractivity contribution in [2.45, 2.75) is 6.54 Å². The van der Waals surface area contributed by atoms with Crippen LogP contribution in [-0.2, 0) is 6.54 Å². The van der Waals surface area contributed by atoms with Crippen molar-refractivity contribution in [3.8, 4) is 11.5 Å². The van der Waals surface area contributed by atoms with Gasteiger partial charge in [-0.3, -0.25) is 0 Å². The maximum Gasteiger partial charge on any atom is 0.178 e. The second kappa shape index (κ2) is 8.75. The Hall–Kier alpha value is -2.76. The highest BCUT2D eigenvalue weighted by atomic mass is 35.5. The summed E-state index contributed by atoms with van der Waals surface area (Å²) in [5.41, 5.74) is 2.44. The van der Waals surface area contributed by atoms with Crippen molar-refractivity contribution in [1.82, 2.24) is 0 Å². The predicted octanol–water partition coefficient (Wildman–Crippen LogP) is 5.46. The minimum atomic E-state index is 0.222. The Kier molecular flexibility index (Phi) is 6.16. The van der Waals surface area contributed by atoms with Crippen LogP contribution in [0.5, 0.6) is 11.5 Å². The Bertz CT molecular complexity index is 931. The van der Waals surface area contributed by atoms with E-state index in [1.54, 1.807) is 31.4 Å². The van der Waals surface area contributed by atoms with Gasteiger partial charge >= 0.3 is 0 Å². The molecule has 3 aromatic rings. The minimum Gasteiger partial charge on any atom is -0.508 e. The number of hydrogen-bond acceptors (Lipinski definition) is 3. The van der Waals surface area contributed by atoms with Crippen molar-refractivity contribution < 1.29 is 9.84 Å². The fraction of sp³-hybridized carbons (Fsp3) is 0.0952. The summed E-state index contributed by atoms with van der Waals surface area (Å²) in [5, 5.41) is 14.6. The quantitative estimate of drug-likeness (QED) is 0.559. The number of phenols is 1. The summed E-state index contributed by atoms with van der Waals surface area (Å²) in [6.07, 6.45) is 0. The van der Waals surface area contributed by atoms with Gasteiger partial charge in [-0.25, -0.2) is 0 Å². The molecule has 0 atom stereocenters. The van der Waals surface area contributed by atoms with Crippen LogP contribution in [0.3, 0.4) is 0 Å². The maximum absolute atomic E-state index is 10.2. The van der Waals surface area contributed by atoms with E-state index in [-0.39, 0.29) is 5.75 Å². The number of thiocarbonyl (C=S) groups is 1. The molecule has 0 heterocycles. The van der Waals surface area contributed by atoms with Gasteiger partial charge in [0.15, 0.2) is 5.11 Å². The van der Waals surface area contributed by atoms with E-state index in [0.29, 0.717) is 16.7 Å². The van der Waals surface area contributed by atoms with Crippen molar-refractivity contribution in [2.24, 2.45) is 0 Å². The van der Waals surface area contributed by atoms with Gasteiger partial charge in [0.1, 0.15) is 11.5 Å². The van der Waals surface area contributed by atoms with Crippen molar-refractivity contribution in [3.05, 3.63) is 83.4 Å². The summed E-state index contributed by atoms with van der Waals surface area (Å²) >= 11 is 11.6. The molecule has 0 unspecified atom stereocenters. The summed E-state index contributed by atoms with van der Waals surface area (Å²) in [5.74, 6) is 0.948. The van der Waals surface area contributed by atoms with Crippen LogP contribution in [0.15, 0.2) is 72.8 Å². The average Bonchev–Trinajstić information content (AvgIpc) is 2.69. The average molecular weight is 399 g/mol. The lowest BCUT2D eigenvalue weighted by Gasteiger charge is -2.27. The Balaban J connectivity index is 1.91. The van der Waals surface area contributed by atoms with Gasteiger partial charge in [0.05, 0.1) is 13.7 Å². The third-order valence-electron chi connectivity index (χ3n) is 4.03. The Morgan fingerprint density at radius 3 is 2.52 bits per heavy atom. The predicted molar refractivity (Wildman–Crippen MR) is 115 cm³/mol. The molecule has 0 aliphatic rings. The summed E-state index contributed by atoms with van der Waals surface area (Å²) < 4.78 is 5.34. The fourth-order valence-corrected chi connectivity index (χ4v) is 3.01. The molecule has 0 saturated heterocycles. The van der Waals surface area contributed by atoms with Crippen molar-refractivity contribution in [3.63, 3.8) is 0 Å². The molecule has 0 saturated carbocycles. The van der Waals surface area contributed by atoms with Crippen molar-refractivity contribution in [1.29, 1.82) is 0 Å². The first-order chi connectivity index (χ1) is 13.1. The second-order valence-electron chi connectivity index (χ2n) is 5.85. The highest BCUT2D eigenvalue weighted by Crippen LogP contribution is 2.26. The third-order valence-corrected chi connectivity index (χ3v) is 4.60. The summed E-state index contributed by atoms with van der Waals surface area (Å²) in [6, 6.07) is 22.1. The summed E-state index contributed by atoms with van der Waals surface area (Å²) in [6.45, 7) is 0.402. The lowest BCUT2D eigenvalue weighted by atomic mass is 10.1. The summed E-state index contributed by atoms with van der Waals surface area (Å²) in [7, 11) is 1.62. The summed E-state index contributed by atoms with van der Waals surface area (Å²) in [4.78, 5) is 1.90. The molecule has 6 heteroatoms. The third kappa shape index (κ3) is 4.90. The van der Waals surface area contributed by atoms with E-state index in [9.17, 15) is 5.11 Å². The number of rotatable bonds is 5. The van der Waals surface area contributed by atoms with Gasteiger partial charge in [-0.05, 0) is 54.7 Å². The van der Waals surface area contributed by atoms with Gasteiger partial charge in [-0.15, -0.1) is 0 Å². The Morgan fingerprint density at radius 1 is 1.07 bits per heavy atom. The maximum atomic E-state index is 10.2. The first-order valence-corrected chi connectivity index (χ1v) is 9.10. The number of hydrogen-bond donors (Lipinski definition) is 2. The molecule has 0 aromatic heterocycles. The number of aromatic hydroxyl groups is 1. The monoisotopic (exact) mass is 398 g/mol. The van der Waals surface area contributed by atoms with Crippen LogP contribution in [0.4, 0.5) is 11.4 Å². The van der Waals surface area contributed by atoms with Gasteiger partial charge in [0, 0.05) is 28.0 Å². The number of nitrogens with zero attached hydrogens (tertiary/aromatic N) is 1. The molecule has 3 rings (SSSR count). The number of halogens is 1. The van der Waals surface area contributed by atoms with E-state index in [4.69, 9.17) is 28.6 Å². The lowest BCUT2D eigenvalue weighted by Crippen LogP contribution is -2.34. The molecule has 0 aliphatic heterocycles. The van der Waals surface area contributed by atoms with Gasteiger partial charge in [0.25, 0.3) is 0 Å². The minimum absolute atomic E-state index is 0.222. The van der Waals surface area contributed by atoms with E-state index in [1.807, 2.05) is 53.4 Å². The molecule has 4 nitrogen and oxygen atoms in total. The highest BCUT2D eigenvalue weighted by molar-refractivity contribution is 7.80. The number of benzene rings is 3. The van der Waals surface area contributed by atoms with Gasteiger partial charge < -0.3 is 20.1 Å². The molecular weight excluding hydrogens is 380 g/mol.